The van der Waals surface area contributed by atoms with E-state index in [1.165, 1.54) is 0 Å². The van der Waals surface area contributed by atoms with E-state index in [1.54, 1.807) is 36.1 Å². The lowest BCUT2D eigenvalue weighted by Gasteiger charge is -2.15. The predicted octanol–water partition coefficient (Wildman–Crippen LogP) is 3.57. The Morgan fingerprint density at radius 2 is 1.92 bits per heavy atom. The van der Waals surface area contributed by atoms with Crippen LogP contribution in [0.25, 0.3) is 0 Å². The molecule has 3 amide bonds. The molecule has 2 aromatic carbocycles. The van der Waals surface area contributed by atoms with Gasteiger partial charge in [-0.1, -0.05) is 23.7 Å². The first-order chi connectivity index (χ1) is 11.5. The van der Waals surface area contributed by atoms with Gasteiger partial charge in [0.25, 0.3) is 0 Å². The van der Waals surface area contributed by atoms with Crippen LogP contribution in [-0.2, 0) is 17.8 Å². The summed E-state index contributed by atoms with van der Waals surface area (Å²) in [6.45, 7) is 2.72. The Morgan fingerprint density at radius 3 is 2.62 bits per heavy atom. The van der Waals surface area contributed by atoms with Crippen molar-refractivity contribution in [1.29, 1.82) is 0 Å². The van der Waals surface area contributed by atoms with Crippen molar-refractivity contribution in [3.63, 3.8) is 0 Å². The number of hydrogen-bond acceptors (Lipinski definition) is 2. The van der Waals surface area contributed by atoms with Crippen LogP contribution in [0.1, 0.15) is 18.1 Å². The van der Waals surface area contributed by atoms with Gasteiger partial charge in [0.2, 0.25) is 5.91 Å². The van der Waals surface area contributed by atoms with Crippen molar-refractivity contribution in [3.05, 3.63) is 58.6 Å². The average Bonchev–Trinajstić information content (AvgIpc) is 2.98. The number of carbonyl (C=O) groups excluding carboxylic acids is 2. The second kappa shape index (κ2) is 6.93. The van der Waals surface area contributed by atoms with Gasteiger partial charge in [-0.05, 0) is 47.9 Å². The number of anilines is 2. The van der Waals surface area contributed by atoms with Gasteiger partial charge in [-0.25, -0.2) is 4.79 Å². The van der Waals surface area contributed by atoms with Crippen LogP contribution in [0.3, 0.4) is 0 Å². The quantitative estimate of drug-likeness (QED) is 0.895. The number of nitrogens with one attached hydrogen (secondary N) is 2. The maximum atomic E-state index is 11.9. The third kappa shape index (κ3) is 3.68. The van der Waals surface area contributed by atoms with Crippen LogP contribution in [0.15, 0.2) is 42.5 Å². The molecule has 0 atom stereocenters. The molecular formula is C18H18ClN3O2. The van der Waals surface area contributed by atoms with Crippen LogP contribution in [0, 0.1) is 0 Å². The zero-order valence-corrected chi connectivity index (χ0v) is 14.1. The predicted molar refractivity (Wildman–Crippen MR) is 95.5 cm³/mol. The minimum atomic E-state index is -0.275. The normalized spacial score (nSPS) is 12.7. The molecule has 0 aromatic heterocycles. The Morgan fingerprint density at radius 1 is 1.17 bits per heavy atom. The maximum absolute atomic E-state index is 11.9. The number of carbonyl (C=O) groups is 2. The number of benzene rings is 2. The fourth-order valence-corrected chi connectivity index (χ4v) is 2.91. The molecule has 0 bridgehead atoms. The van der Waals surface area contributed by atoms with Gasteiger partial charge in [0.05, 0.1) is 0 Å². The summed E-state index contributed by atoms with van der Waals surface area (Å²) in [5.74, 6) is 0.0574. The summed E-state index contributed by atoms with van der Waals surface area (Å²) in [7, 11) is 0. The first kappa shape index (κ1) is 16.3. The highest BCUT2D eigenvalue weighted by molar-refractivity contribution is 6.30. The van der Waals surface area contributed by atoms with E-state index in [4.69, 9.17) is 11.6 Å². The second-order valence-corrected chi connectivity index (χ2v) is 6.13. The summed E-state index contributed by atoms with van der Waals surface area (Å²) in [6.07, 6.45) is 0.847. The van der Waals surface area contributed by atoms with E-state index in [9.17, 15) is 9.59 Å². The van der Waals surface area contributed by atoms with Crippen LogP contribution < -0.4 is 15.5 Å². The van der Waals surface area contributed by atoms with E-state index in [2.05, 4.69) is 10.6 Å². The van der Waals surface area contributed by atoms with Crippen molar-refractivity contribution in [3.8, 4) is 0 Å². The Bertz CT molecular complexity index is 774. The van der Waals surface area contributed by atoms with E-state index in [0.29, 0.717) is 17.3 Å². The molecule has 1 aliphatic heterocycles. The molecule has 0 unspecified atom stereocenters. The largest absolute Gasteiger partial charge is 0.334 e. The lowest BCUT2D eigenvalue weighted by atomic mass is 10.1. The number of rotatable bonds is 3. The number of amides is 3. The number of fused-ring (bicyclic) bond motifs is 1. The average molecular weight is 344 g/mol. The van der Waals surface area contributed by atoms with Gasteiger partial charge < -0.3 is 15.5 Å². The zero-order valence-electron chi connectivity index (χ0n) is 13.3. The minimum Gasteiger partial charge on any atom is -0.334 e. The van der Waals surface area contributed by atoms with Crippen LogP contribution in [0.4, 0.5) is 16.2 Å². The standard InChI is InChI=1S/C18H18ClN3O2/c1-12(23)22-9-8-14-10-13(2-7-17(14)22)11-20-18(24)21-16-5-3-15(19)4-6-16/h2-7,10H,8-9,11H2,1H3,(H2,20,21,24). The Labute approximate surface area is 145 Å². The van der Waals surface area contributed by atoms with Gasteiger partial charge in [-0.3, -0.25) is 4.79 Å². The minimum absolute atomic E-state index is 0.0574. The van der Waals surface area contributed by atoms with Crippen molar-refractivity contribution in [2.75, 3.05) is 16.8 Å². The maximum Gasteiger partial charge on any atom is 0.319 e. The lowest BCUT2D eigenvalue weighted by Crippen LogP contribution is -2.28. The molecule has 0 fully saturated rings. The molecule has 0 saturated carbocycles. The van der Waals surface area contributed by atoms with E-state index in [1.807, 2.05) is 18.2 Å². The molecule has 5 nitrogen and oxygen atoms in total. The summed E-state index contributed by atoms with van der Waals surface area (Å²) in [6, 6.07) is 12.6. The summed E-state index contributed by atoms with van der Waals surface area (Å²) >= 11 is 5.81. The molecule has 0 aliphatic carbocycles. The molecule has 0 spiro atoms. The summed E-state index contributed by atoms with van der Waals surface area (Å²) < 4.78 is 0. The Balaban J connectivity index is 1.58. The molecule has 124 valence electrons. The third-order valence-corrected chi connectivity index (χ3v) is 4.23. The van der Waals surface area contributed by atoms with Gasteiger partial charge in [0, 0.05) is 36.4 Å². The summed E-state index contributed by atoms with van der Waals surface area (Å²) in [5, 5.41) is 6.20. The lowest BCUT2D eigenvalue weighted by molar-refractivity contribution is -0.116. The highest BCUT2D eigenvalue weighted by Crippen LogP contribution is 2.28. The van der Waals surface area contributed by atoms with Crippen LogP contribution >= 0.6 is 11.6 Å². The number of nitrogens with zero attached hydrogens (tertiary/aromatic N) is 1. The number of urea groups is 1. The number of hydrogen-bond donors (Lipinski definition) is 2. The summed E-state index contributed by atoms with van der Waals surface area (Å²) in [5.41, 5.74) is 3.80. The van der Waals surface area contributed by atoms with Crippen LogP contribution in [0.5, 0.6) is 0 Å². The molecule has 0 radical (unpaired) electrons. The SMILES string of the molecule is CC(=O)N1CCc2cc(CNC(=O)Nc3ccc(Cl)cc3)ccc21. The molecule has 6 heteroatoms. The van der Waals surface area contributed by atoms with E-state index < -0.39 is 0 Å². The first-order valence-corrected chi connectivity index (χ1v) is 8.11. The van der Waals surface area contributed by atoms with Crippen molar-refractivity contribution < 1.29 is 9.59 Å². The zero-order chi connectivity index (χ0) is 17.1. The second-order valence-electron chi connectivity index (χ2n) is 5.70. The topological polar surface area (TPSA) is 61.4 Å². The highest BCUT2D eigenvalue weighted by atomic mass is 35.5. The highest BCUT2D eigenvalue weighted by Gasteiger charge is 2.21. The van der Waals surface area contributed by atoms with E-state index >= 15 is 0 Å². The van der Waals surface area contributed by atoms with E-state index in [-0.39, 0.29) is 11.9 Å². The van der Waals surface area contributed by atoms with Crippen molar-refractivity contribution >= 4 is 34.9 Å². The Kier molecular flexibility index (Phi) is 4.71. The molecule has 24 heavy (non-hydrogen) atoms. The van der Waals surface area contributed by atoms with Crippen molar-refractivity contribution in [2.24, 2.45) is 0 Å². The first-order valence-electron chi connectivity index (χ1n) is 7.73. The molecular weight excluding hydrogens is 326 g/mol. The molecule has 1 heterocycles. The van der Waals surface area contributed by atoms with Gasteiger partial charge in [0.1, 0.15) is 0 Å². The molecule has 2 N–H and O–H groups in total. The van der Waals surface area contributed by atoms with Gasteiger partial charge in [-0.2, -0.15) is 0 Å². The van der Waals surface area contributed by atoms with E-state index in [0.717, 1.165) is 29.8 Å². The fraction of sp³-hybridized carbons (Fsp3) is 0.222. The van der Waals surface area contributed by atoms with Crippen LogP contribution in [-0.4, -0.2) is 18.5 Å². The van der Waals surface area contributed by atoms with Crippen molar-refractivity contribution in [1.82, 2.24) is 5.32 Å². The smallest absolute Gasteiger partial charge is 0.319 e. The molecule has 1 aliphatic rings. The third-order valence-electron chi connectivity index (χ3n) is 3.97. The van der Waals surface area contributed by atoms with Gasteiger partial charge in [-0.15, -0.1) is 0 Å². The molecule has 0 saturated heterocycles. The Hall–Kier alpha value is -2.53. The van der Waals surface area contributed by atoms with Crippen molar-refractivity contribution in [2.45, 2.75) is 19.9 Å². The fourth-order valence-electron chi connectivity index (χ4n) is 2.78. The monoisotopic (exact) mass is 343 g/mol. The van der Waals surface area contributed by atoms with Gasteiger partial charge >= 0.3 is 6.03 Å². The van der Waals surface area contributed by atoms with Gasteiger partial charge in [0.15, 0.2) is 0 Å². The van der Waals surface area contributed by atoms with Crippen LogP contribution in [0.2, 0.25) is 5.02 Å². The molecule has 3 rings (SSSR count). The number of halogens is 1. The molecule has 2 aromatic rings. The summed E-state index contributed by atoms with van der Waals surface area (Å²) in [4.78, 5) is 25.3.